The Morgan fingerprint density at radius 3 is 2.75 bits per heavy atom. The lowest BCUT2D eigenvalue weighted by molar-refractivity contribution is 0.102. The molecule has 20 heavy (non-hydrogen) atoms. The molecule has 106 valence electrons. The van der Waals surface area contributed by atoms with Gasteiger partial charge in [0.2, 0.25) is 5.13 Å². The number of benzene rings is 1. The van der Waals surface area contributed by atoms with Crippen molar-refractivity contribution in [3.63, 3.8) is 0 Å². The third-order valence-corrected chi connectivity index (χ3v) is 4.10. The lowest BCUT2D eigenvalue weighted by atomic mass is 10.1. The second kappa shape index (κ2) is 6.61. The van der Waals surface area contributed by atoms with Crippen molar-refractivity contribution in [3.8, 4) is 0 Å². The largest absolute Gasteiger partial charge is 0.296 e. The summed E-state index contributed by atoms with van der Waals surface area (Å²) in [6.45, 7) is 6.17. The van der Waals surface area contributed by atoms with Gasteiger partial charge in [-0.25, -0.2) is 0 Å². The van der Waals surface area contributed by atoms with Gasteiger partial charge >= 0.3 is 0 Å². The van der Waals surface area contributed by atoms with E-state index in [0.717, 1.165) is 29.8 Å². The van der Waals surface area contributed by atoms with E-state index < -0.39 is 0 Å². The molecule has 0 saturated carbocycles. The smallest absolute Gasteiger partial charge is 0.257 e. The minimum atomic E-state index is -0.133. The molecule has 0 aliphatic rings. The second-order valence-electron chi connectivity index (χ2n) is 4.86. The van der Waals surface area contributed by atoms with Gasteiger partial charge in [-0.3, -0.25) is 10.1 Å². The number of carbonyl (C=O) groups excluding carboxylic acids is 1. The van der Waals surface area contributed by atoms with Gasteiger partial charge in [0, 0.05) is 12.0 Å². The van der Waals surface area contributed by atoms with E-state index in [9.17, 15) is 4.79 Å². The van der Waals surface area contributed by atoms with E-state index >= 15 is 0 Å². The Balaban J connectivity index is 2.03. The highest BCUT2D eigenvalue weighted by Gasteiger charge is 2.10. The Morgan fingerprint density at radius 1 is 1.25 bits per heavy atom. The molecule has 0 saturated heterocycles. The van der Waals surface area contributed by atoms with Gasteiger partial charge in [0.1, 0.15) is 5.01 Å². The zero-order valence-corrected chi connectivity index (χ0v) is 12.9. The van der Waals surface area contributed by atoms with Gasteiger partial charge in [0.15, 0.2) is 0 Å². The highest BCUT2D eigenvalue weighted by Crippen LogP contribution is 2.18. The third-order valence-electron chi connectivity index (χ3n) is 3.20. The lowest BCUT2D eigenvalue weighted by Crippen LogP contribution is -2.12. The van der Waals surface area contributed by atoms with E-state index in [1.165, 1.54) is 16.9 Å². The van der Waals surface area contributed by atoms with Gasteiger partial charge in [-0.1, -0.05) is 30.7 Å². The first-order valence-electron chi connectivity index (χ1n) is 6.81. The van der Waals surface area contributed by atoms with E-state index in [4.69, 9.17) is 0 Å². The molecule has 2 rings (SSSR count). The topological polar surface area (TPSA) is 54.9 Å². The Bertz CT molecular complexity index is 607. The number of amides is 1. The summed E-state index contributed by atoms with van der Waals surface area (Å²) in [5, 5.41) is 12.4. The minimum Gasteiger partial charge on any atom is -0.296 e. The van der Waals surface area contributed by atoms with E-state index in [2.05, 4.69) is 22.4 Å². The summed E-state index contributed by atoms with van der Waals surface area (Å²) >= 11 is 1.45. The van der Waals surface area contributed by atoms with Crippen LogP contribution in [0, 0.1) is 13.8 Å². The molecule has 0 fully saturated rings. The molecule has 0 spiro atoms. The van der Waals surface area contributed by atoms with E-state index in [1.807, 2.05) is 32.0 Å². The van der Waals surface area contributed by atoms with Gasteiger partial charge in [0.05, 0.1) is 0 Å². The number of aromatic nitrogens is 2. The Morgan fingerprint density at radius 2 is 2.05 bits per heavy atom. The molecule has 0 radical (unpaired) electrons. The van der Waals surface area contributed by atoms with E-state index in [-0.39, 0.29) is 5.91 Å². The molecule has 0 aliphatic carbocycles. The van der Waals surface area contributed by atoms with Crippen LogP contribution in [0.3, 0.4) is 0 Å². The van der Waals surface area contributed by atoms with Gasteiger partial charge in [-0.2, -0.15) is 0 Å². The predicted molar refractivity (Wildman–Crippen MR) is 82.4 cm³/mol. The quantitative estimate of drug-likeness (QED) is 0.912. The van der Waals surface area contributed by atoms with Crippen molar-refractivity contribution in [1.82, 2.24) is 10.2 Å². The van der Waals surface area contributed by atoms with Crippen LogP contribution in [0.25, 0.3) is 0 Å². The van der Waals surface area contributed by atoms with Crippen LogP contribution in [0.4, 0.5) is 5.13 Å². The van der Waals surface area contributed by atoms with Crippen molar-refractivity contribution in [2.75, 3.05) is 5.32 Å². The molecule has 0 bridgehead atoms. The van der Waals surface area contributed by atoms with E-state index in [1.54, 1.807) is 0 Å². The summed E-state index contributed by atoms with van der Waals surface area (Å²) in [6, 6.07) is 5.68. The van der Waals surface area contributed by atoms with Crippen LogP contribution in [0.2, 0.25) is 0 Å². The first kappa shape index (κ1) is 14.7. The maximum atomic E-state index is 12.1. The molecule has 0 atom stereocenters. The van der Waals surface area contributed by atoms with Gasteiger partial charge in [-0.15, -0.1) is 10.2 Å². The molecule has 1 heterocycles. The monoisotopic (exact) mass is 289 g/mol. The van der Waals surface area contributed by atoms with Gasteiger partial charge in [0.25, 0.3) is 5.91 Å². The number of nitrogens with one attached hydrogen (secondary N) is 1. The summed E-state index contributed by atoms with van der Waals surface area (Å²) in [5.74, 6) is -0.133. The molecular formula is C15H19N3OS. The normalized spacial score (nSPS) is 10.6. The van der Waals surface area contributed by atoms with E-state index in [0.29, 0.717) is 10.7 Å². The van der Waals surface area contributed by atoms with Crippen LogP contribution < -0.4 is 5.32 Å². The number of hydrogen-bond acceptors (Lipinski definition) is 4. The molecule has 2 aromatic rings. The van der Waals surface area contributed by atoms with Crippen molar-refractivity contribution in [3.05, 3.63) is 39.9 Å². The van der Waals surface area contributed by atoms with Crippen molar-refractivity contribution >= 4 is 22.4 Å². The minimum absolute atomic E-state index is 0.133. The fourth-order valence-corrected chi connectivity index (χ4v) is 2.56. The number of nitrogens with zero attached hydrogens (tertiary/aromatic N) is 2. The number of aryl methyl sites for hydroxylation is 3. The Hall–Kier alpha value is -1.75. The number of anilines is 1. The average Bonchev–Trinajstić information content (AvgIpc) is 2.87. The fourth-order valence-electron chi connectivity index (χ4n) is 1.79. The Kier molecular flexibility index (Phi) is 4.84. The number of unbranched alkanes of at least 4 members (excludes halogenated alkanes) is 1. The predicted octanol–water partition coefficient (Wildman–Crippen LogP) is 3.75. The van der Waals surface area contributed by atoms with Crippen LogP contribution in [0.5, 0.6) is 0 Å². The van der Waals surface area contributed by atoms with Crippen LogP contribution in [-0.4, -0.2) is 16.1 Å². The summed E-state index contributed by atoms with van der Waals surface area (Å²) in [5.41, 5.74) is 2.94. The SMILES string of the molecule is CCCCc1nnc(NC(=O)c2ccc(C)c(C)c2)s1. The maximum Gasteiger partial charge on any atom is 0.257 e. The van der Waals surface area contributed by atoms with Crippen molar-refractivity contribution in [1.29, 1.82) is 0 Å². The van der Waals surface area contributed by atoms with Crippen molar-refractivity contribution in [2.45, 2.75) is 40.0 Å². The maximum absolute atomic E-state index is 12.1. The van der Waals surface area contributed by atoms with Crippen molar-refractivity contribution < 1.29 is 4.79 Å². The van der Waals surface area contributed by atoms with Crippen LogP contribution in [-0.2, 0) is 6.42 Å². The molecular weight excluding hydrogens is 270 g/mol. The molecule has 0 unspecified atom stereocenters. The van der Waals surface area contributed by atoms with Gasteiger partial charge < -0.3 is 0 Å². The molecule has 0 aliphatic heterocycles. The first-order chi connectivity index (χ1) is 9.60. The summed E-state index contributed by atoms with van der Waals surface area (Å²) in [4.78, 5) is 12.1. The fraction of sp³-hybridized carbons (Fsp3) is 0.400. The first-order valence-corrected chi connectivity index (χ1v) is 7.62. The highest BCUT2D eigenvalue weighted by molar-refractivity contribution is 7.15. The average molecular weight is 289 g/mol. The molecule has 4 nitrogen and oxygen atoms in total. The summed E-state index contributed by atoms with van der Waals surface area (Å²) in [7, 11) is 0. The molecule has 1 aromatic carbocycles. The molecule has 5 heteroatoms. The van der Waals surface area contributed by atoms with Crippen LogP contribution in [0.1, 0.15) is 46.3 Å². The number of hydrogen-bond donors (Lipinski definition) is 1. The zero-order valence-electron chi connectivity index (χ0n) is 12.1. The summed E-state index contributed by atoms with van der Waals surface area (Å²) < 4.78 is 0. The zero-order chi connectivity index (χ0) is 14.5. The highest BCUT2D eigenvalue weighted by atomic mass is 32.1. The number of carbonyl (C=O) groups is 1. The van der Waals surface area contributed by atoms with Crippen LogP contribution >= 0.6 is 11.3 Å². The van der Waals surface area contributed by atoms with Gasteiger partial charge in [-0.05, 0) is 43.5 Å². The summed E-state index contributed by atoms with van der Waals surface area (Å²) in [6.07, 6.45) is 3.15. The molecule has 1 amide bonds. The third kappa shape index (κ3) is 3.63. The standard InChI is InChI=1S/C15H19N3OS/c1-4-5-6-13-17-18-15(20-13)16-14(19)12-8-7-10(2)11(3)9-12/h7-9H,4-6H2,1-3H3,(H,16,18,19). The second-order valence-corrected chi connectivity index (χ2v) is 5.92. The van der Waals surface area contributed by atoms with Crippen molar-refractivity contribution in [2.24, 2.45) is 0 Å². The Labute approximate surface area is 123 Å². The van der Waals surface area contributed by atoms with Crippen LogP contribution in [0.15, 0.2) is 18.2 Å². The molecule has 1 aromatic heterocycles. The lowest BCUT2D eigenvalue weighted by Gasteiger charge is -2.04. The number of rotatable bonds is 5. The molecule has 1 N–H and O–H groups in total.